The zero-order valence-electron chi connectivity index (χ0n) is 10.1. The molecule has 1 aromatic carbocycles. The van der Waals surface area contributed by atoms with Gasteiger partial charge in [0.15, 0.2) is 0 Å². The van der Waals surface area contributed by atoms with Gasteiger partial charge in [-0.2, -0.15) is 0 Å². The molecule has 1 rings (SSSR count). The van der Waals surface area contributed by atoms with Gasteiger partial charge in [-0.05, 0) is 18.2 Å². The number of hydrogen-bond donors (Lipinski definition) is 1. The fourth-order valence-corrected chi connectivity index (χ4v) is 2.05. The second-order valence-electron chi connectivity index (χ2n) is 3.61. The molecule has 0 spiro atoms. The Morgan fingerprint density at radius 2 is 2.11 bits per heavy atom. The number of halogens is 2. The number of aliphatic hydroxyl groups is 1. The van der Waals surface area contributed by atoms with Crippen molar-refractivity contribution >= 4 is 11.8 Å². The van der Waals surface area contributed by atoms with E-state index in [9.17, 15) is 13.9 Å². The molecule has 18 heavy (non-hydrogen) atoms. The molecule has 1 aromatic rings. The molecule has 0 amide bonds. The van der Waals surface area contributed by atoms with Crippen molar-refractivity contribution in [2.75, 3.05) is 32.7 Å². The number of rotatable bonds is 8. The fourth-order valence-electron chi connectivity index (χ4n) is 1.18. The Labute approximate surface area is 109 Å². The van der Waals surface area contributed by atoms with Gasteiger partial charge in [-0.25, -0.2) is 8.78 Å². The maximum absolute atomic E-state index is 13.3. The third-order valence-electron chi connectivity index (χ3n) is 2.07. The van der Waals surface area contributed by atoms with Crippen LogP contribution >= 0.6 is 11.8 Å². The van der Waals surface area contributed by atoms with Crippen LogP contribution in [0.5, 0.6) is 0 Å². The summed E-state index contributed by atoms with van der Waals surface area (Å²) in [6.45, 7) is 0.998. The molecule has 0 radical (unpaired) electrons. The number of hydrogen-bond acceptors (Lipinski definition) is 4. The summed E-state index contributed by atoms with van der Waals surface area (Å²) in [5.41, 5.74) is 0. The predicted octanol–water partition coefficient (Wildman–Crippen LogP) is 2.08. The number of benzene rings is 1. The molecule has 0 saturated heterocycles. The molecule has 0 aliphatic rings. The molecule has 0 heterocycles. The third kappa shape index (κ3) is 5.77. The number of thioether (sulfide) groups is 1. The minimum absolute atomic E-state index is 0.146. The van der Waals surface area contributed by atoms with Crippen LogP contribution in [-0.2, 0) is 9.47 Å². The van der Waals surface area contributed by atoms with E-state index in [1.54, 1.807) is 7.11 Å². The van der Waals surface area contributed by atoms with E-state index >= 15 is 0 Å². The summed E-state index contributed by atoms with van der Waals surface area (Å²) in [6.07, 6.45) is -0.727. The van der Waals surface area contributed by atoms with Crippen LogP contribution in [0.4, 0.5) is 8.78 Å². The van der Waals surface area contributed by atoms with E-state index in [4.69, 9.17) is 9.47 Å². The van der Waals surface area contributed by atoms with Gasteiger partial charge in [0, 0.05) is 17.8 Å². The molecule has 1 unspecified atom stereocenters. The van der Waals surface area contributed by atoms with Crippen molar-refractivity contribution in [1.82, 2.24) is 0 Å². The largest absolute Gasteiger partial charge is 0.390 e. The van der Waals surface area contributed by atoms with Crippen LogP contribution in [0, 0.1) is 11.6 Å². The smallest absolute Gasteiger partial charge is 0.136 e. The molecule has 0 fully saturated rings. The number of aliphatic hydroxyl groups excluding tert-OH is 1. The molecule has 0 aromatic heterocycles. The van der Waals surface area contributed by atoms with Crippen molar-refractivity contribution in [2.45, 2.75) is 11.0 Å². The zero-order valence-corrected chi connectivity index (χ0v) is 10.9. The lowest BCUT2D eigenvalue weighted by molar-refractivity contribution is 0.0218. The second-order valence-corrected chi connectivity index (χ2v) is 4.67. The number of ether oxygens (including phenoxy) is 2. The molecular formula is C12H16F2O3S. The monoisotopic (exact) mass is 278 g/mol. The molecule has 1 N–H and O–H groups in total. The van der Waals surface area contributed by atoms with Gasteiger partial charge in [-0.3, -0.25) is 0 Å². The zero-order chi connectivity index (χ0) is 13.4. The van der Waals surface area contributed by atoms with Crippen molar-refractivity contribution < 1.29 is 23.4 Å². The highest BCUT2D eigenvalue weighted by Gasteiger charge is 2.09. The van der Waals surface area contributed by atoms with Crippen molar-refractivity contribution in [3.05, 3.63) is 29.8 Å². The summed E-state index contributed by atoms with van der Waals surface area (Å²) < 4.78 is 36.0. The van der Waals surface area contributed by atoms with Crippen LogP contribution in [0.2, 0.25) is 0 Å². The van der Waals surface area contributed by atoms with Crippen LogP contribution in [0.3, 0.4) is 0 Å². The Kier molecular flexibility index (Phi) is 7.19. The molecule has 0 aliphatic heterocycles. The first-order valence-corrected chi connectivity index (χ1v) is 6.44. The average molecular weight is 278 g/mol. The highest BCUT2D eigenvalue weighted by atomic mass is 32.2. The summed E-state index contributed by atoms with van der Waals surface area (Å²) in [5, 5.41) is 9.57. The van der Waals surface area contributed by atoms with Crippen molar-refractivity contribution in [1.29, 1.82) is 0 Å². The van der Waals surface area contributed by atoms with Gasteiger partial charge in [-0.15, -0.1) is 11.8 Å². The van der Waals surface area contributed by atoms with Crippen LogP contribution in [0.15, 0.2) is 23.1 Å². The highest BCUT2D eigenvalue weighted by molar-refractivity contribution is 7.99. The highest BCUT2D eigenvalue weighted by Crippen LogP contribution is 2.23. The molecule has 6 heteroatoms. The van der Waals surface area contributed by atoms with E-state index in [0.717, 1.165) is 30.0 Å². The van der Waals surface area contributed by atoms with E-state index in [0.29, 0.717) is 13.2 Å². The van der Waals surface area contributed by atoms with Crippen molar-refractivity contribution in [3.63, 3.8) is 0 Å². The normalized spacial score (nSPS) is 12.7. The van der Waals surface area contributed by atoms with E-state index < -0.39 is 17.7 Å². The molecule has 0 saturated carbocycles. The Balaban J connectivity index is 2.29. The first-order valence-electron chi connectivity index (χ1n) is 5.46. The molecule has 0 bridgehead atoms. The SMILES string of the molecule is COCCOCC(O)CSc1cc(F)ccc1F. The lowest BCUT2D eigenvalue weighted by atomic mass is 10.3. The number of methoxy groups -OCH3 is 1. The van der Waals surface area contributed by atoms with Gasteiger partial charge in [0.1, 0.15) is 11.6 Å². The van der Waals surface area contributed by atoms with E-state index in [1.807, 2.05) is 0 Å². The second kappa shape index (κ2) is 8.42. The molecule has 0 aliphatic carbocycles. The van der Waals surface area contributed by atoms with Gasteiger partial charge < -0.3 is 14.6 Å². The van der Waals surface area contributed by atoms with E-state index in [1.165, 1.54) is 0 Å². The summed E-state index contributed by atoms with van der Waals surface area (Å²) in [6, 6.07) is 3.24. The first-order chi connectivity index (χ1) is 8.63. The lowest BCUT2D eigenvalue weighted by Crippen LogP contribution is -2.19. The van der Waals surface area contributed by atoms with Gasteiger partial charge in [0.05, 0.1) is 25.9 Å². The van der Waals surface area contributed by atoms with Gasteiger partial charge >= 0.3 is 0 Å². The minimum Gasteiger partial charge on any atom is -0.390 e. The predicted molar refractivity (Wildman–Crippen MR) is 65.8 cm³/mol. The molecular weight excluding hydrogens is 262 g/mol. The van der Waals surface area contributed by atoms with Crippen LogP contribution < -0.4 is 0 Å². The minimum atomic E-state index is -0.727. The molecule has 1 atom stereocenters. The Bertz CT molecular complexity index is 363. The first kappa shape index (κ1) is 15.4. The van der Waals surface area contributed by atoms with Crippen molar-refractivity contribution in [3.8, 4) is 0 Å². The maximum Gasteiger partial charge on any atom is 0.136 e. The van der Waals surface area contributed by atoms with Gasteiger partial charge in [-0.1, -0.05) is 0 Å². The quantitative estimate of drug-likeness (QED) is 0.584. The Morgan fingerprint density at radius 1 is 1.33 bits per heavy atom. The molecule has 3 nitrogen and oxygen atoms in total. The van der Waals surface area contributed by atoms with E-state index in [2.05, 4.69) is 0 Å². The topological polar surface area (TPSA) is 38.7 Å². The maximum atomic E-state index is 13.3. The van der Waals surface area contributed by atoms with E-state index in [-0.39, 0.29) is 17.3 Å². The fraction of sp³-hybridized carbons (Fsp3) is 0.500. The van der Waals surface area contributed by atoms with Gasteiger partial charge in [0.25, 0.3) is 0 Å². The summed E-state index contributed by atoms with van der Waals surface area (Å²) in [5.74, 6) is -0.744. The van der Waals surface area contributed by atoms with Crippen LogP contribution in [0.25, 0.3) is 0 Å². The standard InChI is InChI=1S/C12H16F2O3S/c1-16-4-5-17-7-10(15)8-18-12-6-9(13)2-3-11(12)14/h2-3,6,10,15H,4-5,7-8H2,1H3. The Morgan fingerprint density at radius 3 is 2.83 bits per heavy atom. The summed E-state index contributed by atoms with van der Waals surface area (Å²) in [7, 11) is 1.56. The van der Waals surface area contributed by atoms with Crippen LogP contribution in [-0.4, -0.2) is 43.9 Å². The third-order valence-corrected chi connectivity index (χ3v) is 3.24. The summed E-state index contributed by atoms with van der Waals surface area (Å²) in [4.78, 5) is 0.186. The lowest BCUT2D eigenvalue weighted by Gasteiger charge is -2.11. The molecule has 102 valence electrons. The average Bonchev–Trinajstić information content (AvgIpc) is 2.36. The van der Waals surface area contributed by atoms with Crippen molar-refractivity contribution in [2.24, 2.45) is 0 Å². The van der Waals surface area contributed by atoms with Crippen LogP contribution in [0.1, 0.15) is 0 Å². The Hall–Kier alpha value is -0.690. The van der Waals surface area contributed by atoms with Gasteiger partial charge in [0.2, 0.25) is 0 Å². The summed E-state index contributed by atoms with van der Waals surface area (Å²) >= 11 is 1.06.